The van der Waals surface area contributed by atoms with Crippen molar-refractivity contribution in [3.05, 3.63) is 83.9 Å². The molecule has 3 aromatic carbocycles. The van der Waals surface area contributed by atoms with Crippen molar-refractivity contribution in [2.75, 3.05) is 19.8 Å². The van der Waals surface area contributed by atoms with Gasteiger partial charge in [0, 0.05) is 0 Å². The molecule has 0 unspecified atom stereocenters. The van der Waals surface area contributed by atoms with E-state index in [2.05, 4.69) is 15.2 Å². The van der Waals surface area contributed by atoms with Crippen LogP contribution in [0.25, 0.3) is 0 Å². The second-order valence-corrected chi connectivity index (χ2v) is 9.60. The Morgan fingerprint density at radius 1 is 0.921 bits per heavy atom. The lowest BCUT2D eigenvalue weighted by atomic mass is 10.2. The summed E-state index contributed by atoms with van der Waals surface area (Å²) in [6.07, 6.45) is 2.24. The highest BCUT2D eigenvalue weighted by atomic mass is 32.2. The van der Waals surface area contributed by atoms with Crippen molar-refractivity contribution in [2.45, 2.75) is 25.2 Å². The lowest BCUT2D eigenvalue weighted by molar-refractivity contribution is -0.119. The van der Waals surface area contributed by atoms with Gasteiger partial charge in [-0.15, -0.1) is 0 Å². The van der Waals surface area contributed by atoms with Crippen molar-refractivity contribution in [2.24, 2.45) is 5.10 Å². The molecule has 200 valence electrons. The number of ether oxygens (including phenoxy) is 3. The second kappa shape index (κ2) is 13.9. The Morgan fingerprint density at radius 2 is 1.66 bits per heavy atom. The van der Waals surface area contributed by atoms with Gasteiger partial charge in [0.2, 0.25) is 10.0 Å². The third-order valence-corrected chi connectivity index (χ3v) is 6.33. The Morgan fingerprint density at radius 3 is 2.34 bits per heavy atom. The summed E-state index contributed by atoms with van der Waals surface area (Å²) in [6, 6.07) is 19.1. The third-order valence-electron chi connectivity index (χ3n) is 4.91. The van der Waals surface area contributed by atoms with Crippen LogP contribution >= 0.6 is 0 Å². The first-order chi connectivity index (χ1) is 18.3. The molecular weight excluding hydrogens is 510 g/mol. The fraction of sp³-hybridized carbons (Fsp3) is 0.222. The molecule has 2 N–H and O–H groups in total. The van der Waals surface area contributed by atoms with Gasteiger partial charge in [0.1, 0.15) is 5.75 Å². The number of hydrogen-bond donors (Lipinski definition) is 2. The third kappa shape index (κ3) is 8.43. The van der Waals surface area contributed by atoms with Gasteiger partial charge in [0.25, 0.3) is 5.91 Å². The summed E-state index contributed by atoms with van der Waals surface area (Å²) in [7, 11) is -3.81. The van der Waals surface area contributed by atoms with Crippen molar-refractivity contribution in [1.82, 2.24) is 10.1 Å². The van der Waals surface area contributed by atoms with E-state index in [-0.39, 0.29) is 10.6 Å². The van der Waals surface area contributed by atoms with E-state index in [0.717, 1.165) is 6.42 Å². The zero-order chi connectivity index (χ0) is 27.4. The molecule has 0 aromatic heterocycles. The SMILES string of the molecule is CCCOc1ccc(C(=O)Oc2ccc(C=NNC(=O)CNS(=O)(=O)c3ccccc3)cc2OCC)cc1. The van der Waals surface area contributed by atoms with Crippen molar-refractivity contribution >= 4 is 28.1 Å². The zero-order valence-electron chi connectivity index (χ0n) is 21.0. The first-order valence-electron chi connectivity index (χ1n) is 11.9. The van der Waals surface area contributed by atoms with Gasteiger partial charge in [-0.25, -0.2) is 23.4 Å². The van der Waals surface area contributed by atoms with Gasteiger partial charge in [-0.3, -0.25) is 4.79 Å². The highest BCUT2D eigenvalue weighted by molar-refractivity contribution is 7.89. The smallest absolute Gasteiger partial charge is 0.343 e. The van der Waals surface area contributed by atoms with E-state index in [1.165, 1.54) is 18.3 Å². The predicted molar refractivity (Wildman–Crippen MR) is 142 cm³/mol. The Labute approximate surface area is 221 Å². The quantitative estimate of drug-likeness (QED) is 0.147. The van der Waals surface area contributed by atoms with Crippen LogP contribution < -0.4 is 24.4 Å². The van der Waals surface area contributed by atoms with Gasteiger partial charge >= 0.3 is 5.97 Å². The van der Waals surface area contributed by atoms with Gasteiger partial charge < -0.3 is 14.2 Å². The van der Waals surface area contributed by atoms with E-state index in [4.69, 9.17) is 14.2 Å². The van der Waals surface area contributed by atoms with E-state index < -0.39 is 28.4 Å². The lowest BCUT2D eigenvalue weighted by Gasteiger charge is -2.12. The summed E-state index contributed by atoms with van der Waals surface area (Å²) in [5, 5.41) is 3.85. The molecule has 0 spiro atoms. The number of nitrogens with zero attached hydrogens (tertiary/aromatic N) is 1. The Bertz CT molecular complexity index is 1360. The van der Waals surface area contributed by atoms with Crippen molar-refractivity contribution in [3.63, 3.8) is 0 Å². The van der Waals surface area contributed by atoms with E-state index in [9.17, 15) is 18.0 Å². The van der Waals surface area contributed by atoms with Crippen LogP contribution in [0.2, 0.25) is 0 Å². The molecular formula is C27H29N3O7S. The molecule has 0 saturated carbocycles. The fourth-order valence-electron chi connectivity index (χ4n) is 3.09. The number of esters is 1. The predicted octanol–water partition coefficient (Wildman–Crippen LogP) is 3.52. The maximum atomic E-state index is 12.6. The molecule has 0 heterocycles. The maximum absolute atomic E-state index is 12.6. The van der Waals surface area contributed by atoms with Crippen LogP contribution in [0.15, 0.2) is 82.8 Å². The zero-order valence-corrected chi connectivity index (χ0v) is 21.9. The van der Waals surface area contributed by atoms with Crippen molar-refractivity contribution in [3.8, 4) is 17.2 Å². The van der Waals surface area contributed by atoms with Crippen LogP contribution in [0.1, 0.15) is 36.2 Å². The van der Waals surface area contributed by atoms with E-state index >= 15 is 0 Å². The molecule has 3 aromatic rings. The maximum Gasteiger partial charge on any atom is 0.343 e. The molecule has 3 rings (SSSR count). The number of hydrazone groups is 1. The molecule has 0 aliphatic rings. The molecule has 0 fully saturated rings. The van der Waals surface area contributed by atoms with Crippen molar-refractivity contribution < 1.29 is 32.2 Å². The fourth-order valence-corrected chi connectivity index (χ4v) is 4.09. The van der Waals surface area contributed by atoms with Gasteiger partial charge in [0.15, 0.2) is 11.5 Å². The van der Waals surface area contributed by atoms with Gasteiger partial charge in [-0.1, -0.05) is 25.1 Å². The highest BCUT2D eigenvalue weighted by Crippen LogP contribution is 2.29. The highest BCUT2D eigenvalue weighted by Gasteiger charge is 2.15. The Balaban J connectivity index is 1.58. The van der Waals surface area contributed by atoms with Crippen LogP contribution in [-0.4, -0.2) is 46.3 Å². The number of benzene rings is 3. The molecule has 38 heavy (non-hydrogen) atoms. The number of amides is 1. The molecule has 0 saturated heterocycles. The number of nitrogens with one attached hydrogen (secondary N) is 2. The molecule has 1 amide bonds. The van der Waals surface area contributed by atoms with Crippen LogP contribution in [0.3, 0.4) is 0 Å². The Hall–Kier alpha value is -4.22. The summed E-state index contributed by atoms with van der Waals surface area (Å²) in [6.45, 7) is 4.23. The molecule has 10 nitrogen and oxygen atoms in total. The summed E-state index contributed by atoms with van der Waals surface area (Å²) < 4.78 is 43.3. The summed E-state index contributed by atoms with van der Waals surface area (Å²) in [5.74, 6) is -0.000807. The normalized spacial score (nSPS) is 11.2. The molecule has 0 atom stereocenters. The first-order valence-corrected chi connectivity index (χ1v) is 13.4. The van der Waals surface area contributed by atoms with E-state index in [0.29, 0.717) is 35.8 Å². The van der Waals surface area contributed by atoms with E-state index in [1.807, 2.05) is 6.92 Å². The standard InChI is InChI=1S/C27H29N3O7S/c1-3-16-36-22-13-11-21(12-14-22)27(32)37-24-15-10-20(17-25(24)35-4-2)18-28-30-26(31)19-29-38(33,34)23-8-6-5-7-9-23/h5-15,17-18,29H,3-4,16,19H2,1-2H3,(H,30,31). The number of carbonyl (C=O) groups excluding carboxylic acids is 2. The largest absolute Gasteiger partial charge is 0.494 e. The second-order valence-electron chi connectivity index (χ2n) is 7.83. The van der Waals surface area contributed by atoms with Crippen LogP contribution in [-0.2, 0) is 14.8 Å². The number of rotatable bonds is 13. The molecule has 0 bridgehead atoms. The number of hydrogen-bond acceptors (Lipinski definition) is 8. The number of sulfonamides is 1. The molecule has 0 aliphatic carbocycles. The van der Waals surface area contributed by atoms with E-state index in [1.54, 1.807) is 67.6 Å². The van der Waals surface area contributed by atoms with Gasteiger partial charge in [-0.05, 0) is 73.5 Å². The van der Waals surface area contributed by atoms with Gasteiger partial charge in [0.05, 0.1) is 36.4 Å². The minimum Gasteiger partial charge on any atom is -0.494 e. The van der Waals surface area contributed by atoms with Crippen LogP contribution in [0, 0.1) is 0 Å². The van der Waals surface area contributed by atoms with Crippen LogP contribution in [0.4, 0.5) is 0 Å². The summed E-state index contributed by atoms with van der Waals surface area (Å²) >= 11 is 0. The Kier molecular flexibility index (Phi) is 10.4. The number of carbonyl (C=O) groups is 2. The first kappa shape index (κ1) is 28.4. The summed E-state index contributed by atoms with van der Waals surface area (Å²) in [5.41, 5.74) is 3.17. The molecule has 0 radical (unpaired) electrons. The minimum absolute atomic E-state index is 0.0542. The topological polar surface area (TPSA) is 132 Å². The average molecular weight is 540 g/mol. The molecule has 11 heteroatoms. The lowest BCUT2D eigenvalue weighted by Crippen LogP contribution is -2.34. The molecule has 0 aliphatic heterocycles. The van der Waals surface area contributed by atoms with Crippen LogP contribution in [0.5, 0.6) is 17.2 Å². The van der Waals surface area contributed by atoms with Gasteiger partial charge in [-0.2, -0.15) is 5.10 Å². The minimum atomic E-state index is -3.81. The average Bonchev–Trinajstić information content (AvgIpc) is 2.93. The van der Waals surface area contributed by atoms with Crippen molar-refractivity contribution in [1.29, 1.82) is 0 Å². The monoisotopic (exact) mass is 539 g/mol. The summed E-state index contributed by atoms with van der Waals surface area (Å²) in [4.78, 5) is 24.7.